The van der Waals surface area contributed by atoms with Gasteiger partial charge in [0.05, 0.1) is 6.04 Å². The van der Waals surface area contributed by atoms with Crippen LogP contribution >= 0.6 is 15.9 Å². The maximum atomic E-state index is 11.5. The van der Waals surface area contributed by atoms with Gasteiger partial charge in [-0.05, 0) is 53.2 Å². The van der Waals surface area contributed by atoms with Gasteiger partial charge in [-0.15, -0.1) is 0 Å². The summed E-state index contributed by atoms with van der Waals surface area (Å²) in [6.45, 7) is 1.47. The van der Waals surface area contributed by atoms with Crippen molar-refractivity contribution in [3.63, 3.8) is 0 Å². The number of rotatable bonds is 2. The molecule has 0 fully saturated rings. The maximum Gasteiger partial charge on any atom is 0.249 e. The van der Waals surface area contributed by atoms with Crippen molar-refractivity contribution in [2.24, 2.45) is 0 Å². The van der Waals surface area contributed by atoms with E-state index in [1.807, 2.05) is 0 Å². The molecule has 1 aliphatic rings. The number of amides is 1. The Morgan fingerprint density at radius 3 is 3.12 bits per heavy atom. The molecule has 0 aliphatic heterocycles. The van der Waals surface area contributed by atoms with Crippen molar-refractivity contribution in [2.75, 3.05) is 0 Å². The smallest absolute Gasteiger partial charge is 0.249 e. The maximum absolute atomic E-state index is 11.5. The number of carbonyl (C=O) groups excluding carboxylic acids is 1. The van der Waals surface area contributed by atoms with E-state index in [0.717, 1.165) is 29.3 Å². The Hall–Kier alpha value is -0.940. The first kappa shape index (κ1) is 12.5. The standard InChI is InChI=1S/C12H15BrN2O2/c1-7(16)12(17)15-11-4-2-3-8-9(11)5-14-6-10(8)13/h5-7,11,16H,2-4H2,1H3,(H,15,17). The molecule has 0 radical (unpaired) electrons. The minimum absolute atomic E-state index is 0.0363. The third-order valence-corrected chi connectivity index (χ3v) is 3.71. The molecule has 2 atom stereocenters. The molecule has 5 heteroatoms. The molecular formula is C12H15BrN2O2. The molecule has 1 heterocycles. The first-order valence-corrected chi connectivity index (χ1v) is 6.49. The molecule has 2 unspecified atom stereocenters. The summed E-state index contributed by atoms with van der Waals surface area (Å²) in [6, 6.07) is -0.0363. The van der Waals surface area contributed by atoms with Crippen LogP contribution in [0.2, 0.25) is 0 Å². The zero-order chi connectivity index (χ0) is 12.4. The van der Waals surface area contributed by atoms with Crippen LogP contribution in [0.25, 0.3) is 0 Å². The van der Waals surface area contributed by atoms with E-state index in [1.165, 1.54) is 12.5 Å². The minimum atomic E-state index is -0.972. The second kappa shape index (κ2) is 5.14. The lowest BCUT2D eigenvalue weighted by molar-refractivity contribution is -0.129. The highest BCUT2D eigenvalue weighted by atomic mass is 79.9. The quantitative estimate of drug-likeness (QED) is 0.874. The predicted molar refractivity (Wildman–Crippen MR) is 67.4 cm³/mol. The lowest BCUT2D eigenvalue weighted by atomic mass is 9.89. The van der Waals surface area contributed by atoms with Gasteiger partial charge in [-0.2, -0.15) is 0 Å². The number of fused-ring (bicyclic) bond motifs is 1. The number of aliphatic hydroxyl groups is 1. The van der Waals surface area contributed by atoms with Crippen molar-refractivity contribution in [2.45, 2.75) is 38.3 Å². The molecule has 0 saturated carbocycles. The number of nitrogens with zero attached hydrogens (tertiary/aromatic N) is 1. The van der Waals surface area contributed by atoms with Gasteiger partial charge in [0.25, 0.3) is 0 Å². The van der Waals surface area contributed by atoms with Crippen LogP contribution in [-0.2, 0) is 11.2 Å². The van der Waals surface area contributed by atoms with E-state index in [1.54, 1.807) is 12.4 Å². The van der Waals surface area contributed by atoms with Crippen molar-refractivity contribution in [1.29, 1.82) is 0 Å². The van der Waals surface area contributed by atoms with E-state index in [4.69, 9.17) is 0 Å². The average Bonchev–Trinajstić information content (AvgIpc) is 2.30. The van der Waals surface area contributed by atoms with Crippen molar-refractivity contribution < 1.29 is 9.90 Å². The van der Waals surface area contributed by atoms with Crippen molar-refractivity contribution in [1.82, 2.24) is 10.3 Å². The molecule has 1 aromatic heterocycles. The lowest BCUT2D eigenvalue weighted by Crippen LogP contribution is -2.37. The van der Waals surface area contributed by atoms with E-state index in [9.17, 15) is 9.90 Å². The largest absolute Gasteiger partial charge is 0.384 e. The minimum Gasteiger partial charge on any atom is -0.384 e. The summed E-state index contributed by atoms with van der Waals surface area (Å²) in [5, 5.41) is 12.1. The van der Waals surface area contributed by atoms with Crippen LogP contribution in [0.5, 0.6) is 0 Å². The van der Waals surface area contributed by atoms with E-state index < -0.39 is 6.10 Å². The van der Waals surface area contributed by atoms with Gasteiger partial charge in [-0.1, -0.05) is 0 Å². The highest BCUT2D eigenvalue weighted by molar-refractivity contribution is 9.10. The van der Waals surface area contributed by atoms with Crippen LogP contribution in [0.1, 0.15) is 36.9 Å². The average molecular weight is 299 g/mol. The summed E-state index contributed by atoms with van der Waals surface area (Å²) in [7, 11) is 0. The molecule has 2 N–H and O–H groups in total. The Balaban J connectivity index is 2.23. The molecule has 1 amide bonds. The summed E-state index contributed by atoms with van der Waals surface area (Å²) in [5.41, 5.74) is 2.27. The summed E-state index contributed by atoms with van der Waals surface area (Å²) < 4.78 is 0.992. The number of carbonyl (C=O) groups is 1. The molecule has 0 aromatic carbocycles. The summed E-state index contributed by atoms with van der Waals surface area (Å²) in [4.78, 5) is 15.7. The van der Waals surface area contributed by atoms with Gasteiger partial charge in [-0.3, -0.25) is 9.78 Å². The van der Waals surface area contributed by atoms with Gasteiger partial charge in [0, 0.05) is 16.9 Å². The Bertz CT molecular complexity index is 435. The van der Waals surface area contributed by atoms with Gasteiger partial charge in [0.15, 0.2) is 0 Å². The monoisotopic (exact) mass is 298 g/mol. The molecule has 0 saturated heterocycles. The van der Waals surface area contributed by atoms with Crippen LogP contribution in [-0.4, -0.2) is 22.1 Å². The Morgan fingerprint density at radius 2 is 2.41 bits per heavy atom. The Kier molecular flexibility index (Phi) is 3.79. The summed E-state index contributed by atoms with van der Waals surface area (Å²) in [6.07, 6.45) is 5.52. The fraction of sp³-hybridized carbons (Fsp3) is 0.500. The molecule has 1 aromatic rings. The normalized spacial score (nSPS) is 20.5. The van der Waals surface area contributed by atoms with E-state index in [-0.39, 0.29) is 11.9 Å². The zero-order valence-electron chi connectivity index (χ0n) is 9.61. The van der Waals surface area contributed by atoms with Crippen LogP contribution < -0.4 is 5.32 Å². The van der Waals surface area contributed by atoms with E-state index >= 15 is 0 Å². The molecule has 0 bridgehead atoms. The number of nitrogens with one attached hydrogen (secondary N) is 1. The molecule has 4 nitrogen and oxygen atoms in total. The van der Waals surface area contributed by atoms with Crippen LogP contribution in [0.15, 0.2) is 16.9 Å². The number of hydrogen-bond donors (Lipinski definition) is 2. The number of pyridine rings is 1. The number of aromatic nitrogens is 1. The predicted octanol–water partition coefficient (Wildman–Crippen LogP) is 1.72. The molecule has 17 heavy (non-hydrogen) atoms. The second-order valence-corrected chi connectivity index (χ2v) is 5.17. The van der Waals surface area contributed by atoms with Crippen molar-refractivity contribution in [3.8, 4) is 0 Å². The Morgan fingerprint density at radius 1 is 1.65 bits per heavy atom. The zero-order valence-corrected chi connectivity index (χ0v) is 11.2. The van der Waals surface area contributed by atoms with Crippen LogP contribution in [0, 0.1) is 0 Å². The van der Waals surface area contributed by atoms with Gasteiger partial charge in [-0.25, -0.2) is 0 Å². The van der Waals surface area contributed by atoms with E-state index in [0.29, 0.717) is 0 Å². The number of aliphatic hydroxyl groups excluding tert-OH is 1. The first-order valence-electron chi connectivity index (χ1n) is 5.70. The molecule has 2 rings (SSSR count). The van der Waals surface area contributed by atoms with Gasteiger partial charge in [0.1, 0.15) is 6.10 Å². The fourth-order valence-electron chi connectivity index (χ4n) is 2.12. The van der Waals surface area contributed by atoms with Gasteiger partial charge < -0.3 is 10.4 Å². The SMILES string of the molecule is CC(O)C(=O)NC1CCCc2c(Br)cncc21. The highest BCUT2D eigenvalue weighted by Gasteiger charge is 2.24. The van der Waals surface area contributed by atoms with Crippen molar-refractivity contribution >= 4 is 21.8 Å². The first-order chi connectivity index (χ1) is 8.09. The molecule has 0 spiro atoms. The fourth-order valence-corrected chi connectivity index (χ4v) is 2.67. The third-order valence-electron chi connectivity index (χ3n) is 3.03. The number of hydrogen-bond acceptors (Lipinski definition) is 3. The van der Waals surface area contributed by atoms with Gasteiger partial charge in [0.2, 0.25) is 5.91 Å². The Labute approximate surface area is 109 Å². The molecule has 1 aliphatic carbocycles. The second-order valence-electron chi connectivity index (χ2n) is 4.32. The summed E-state index contributed by atoms with van der Waals surface area (Å²) in [5.74, 6) is -0.331. The van der Waals surface area contributed by atoms with Crippen molar-refractivity contribution in [3.05, 3.63) is 28.0 Å². The topological polar surface area (TPSA) is 62.2 Å². The lowest BCUT2D eigenvalue weighted by Gasteiger charge is -2.27. The van der Waals surface area contributed by atoms with Crippen LogP contribution in [0.3, 0.4) is 0 Å². The third kappa shape index (κ3) is 2.66. The number of halogens is 1. The molecule has 92 valence electrons. The van der Waals surface area contributed by atoms with Crippen LogP contribution in [0.4, 0.5) is 0 Å². The molecular weight excluding hydrogens is 284 g/mol. The summed E-state index contributed by atoms with van der Waals surface area (Å²) >= 11 is 3.48. The van der Waals surface area contributed by atoms with E-state index in [2.05, 4.69) is 26.2 Å². The van der Waals surface area contributed by atoms with Gasteiger partial charge >= 0.3 is 0 Å². The highest BCUT2D eigenvalue weighted by Crippen LogP contribution is 2.33.